The lowest BCUT2D eigenvalue weighted by Crippen LogP contribution is -2.38. The number of hydrogen-bond acceptors (Lipinski definition) is 5. The van der Waals surface area contributed by atoms with Gasteiger partial charge in [0, 0.05) is 30.2 Å². The molecule has 1 amide bonds. The van der Waals surface area contributed by atoms with E-state index < -0.39 is 5.97 Å². The number of benzene rings is 2. The molecule has 0 unspecified atom stereocenters. The van der Waals surface area contributed by atoms with Crippen molar-refractivity contribution in [2.24, 2.45) is 0 Å². The van der Waals surface area contributed by atoms with E-state index in [1.165, 1.54) is 0 Å². The van der Waals surface area contributed by atoms with Crippen molar-refractivity contribution in [1.29, 1.82) is 0 Å². The Morgan fingerprint density at radius 1 is 1.07 bits per heavy atom. The number of esters is 1. The number of nitrogens with zero attached hydrogens (tertiary/aromatic N) is 1. The van der Waals surface area contributed by atoms with Crippen LogP contribution in [0.5, 0.6) is 11.5 Å². The van der Waals surface area contributed by atoms with Gasteiger partial charge in [0.1, 0.15) is 11.5 Å². The zero-order chi connectivity index (χ0) is 19.2. The number of para-hydroxylation sites is 1. The highest BCUT2D eigenvalue weighted by atomic mass is 32.2. The molecular weight excluding hydrogens is 362 g/mol. The van der Waals surface area contributed by atoms with E-state index in [2.05, 4.69) is 0 Å². The maximum absolute atomic E-state index is 12.9. The Morgan fingerprint density at radius 2 is 1.81 bits per heavy atom. The molecular formula is C21H23NO4S. The molecule has 3 rings (SSSR count). The lowest BCUT2D eigenvalue weighted by atomic mass is 10.1. The Bertz CT molecular complexity index is 831. The van der Waals surface area contributed by atoms with Crippen molar-refractivity contribution in [1.82, 2.24) is 4.90 Å². The van der Waals surface area contributed by atoms with Gasteiger partial charge in [-0.3, -0.25) is 9.59 Å². The molecule has 1 aliphatic heterocycles. The Morgan fingerprint density at radius 3 is 2.56 bits per heavy atom. The van der Waals surface area contributed by atoms with E-state index in [1.54, 1.807) is 25.3 Å². The number of hydrogen-bond donors (Lipinski definition) is 0. The van der Waals surface area contributed by atoms with Crippen LogP contribution in [0.3, 0.4) is 0 Å². The van der Waals surface area contributed by atoms with E-state index in [4.69, 9.17) is 9.47 Å². The van der Waals surface area contributed by atoms with Gasteiger partial charge in [-0.25, -0.2) is 0 Å². The molecule has 0 bridgehead atoms. The molecule has 0 atom stereocenters. The molecule has 1 fully saturated rings. The molecule has 27 heavy (non-hydrogen) atoms. The Hall–Kier alpha value is -2.47. The smallest absolute Gasteiger partial charge is 0.315 e. The highest BCUT2D eigenvalue weighted by Gasteiger charge is 2.23. The molecule has 1 heterocycles. The summed E-state index contributed by atoms with van der Waals surface area (Å²) in [7, 11) is 1.57. The van der Waals surface area contributed by atoms with E-state index >= 15 is 0 Å². The first kappa shape index (κ1) is 19.3. The van der Waals surface area contributed by atoms with Gasteiger partial charge in [-0.2, -0.15) is 11.8 Å². The zero-order valence-electron chi connectivity index (χ0n) is 15.6. The van der Waals surface area contributed by atoms with E-state index in [1.807, 2.05) is 47.9 Å². The molecule has 0 radical (unpaired) electrons. The number of methoxy groups -OCH3 is 1. The first-order valence-corrected chi connectivity index (χ1v) is 10.0. The van der Waals surface area contributed by atoms with Gasteiger partial charge in [-0.05, 0) is 25.1 Å². The average molecular weight is 385 g/mol. The predicted octanol–water partition coefficient (Wildman–Crippen LogP) is 3.34. The van der Waals surface area contributed by atoms with Gasteiger partial charge in [0.05, 0.1) is 19.1 Å². The minimum Gasteiger partial charge on any atom is -0.496 e. The number of thioether (sulfide) groups is 1. The van der Waals surface area contributed by atoms with Gasteiger partial charge in [0.2, 0.25) is 0 Å². The average Bonchev–Trinajstić information content (AvgIpc) is 2.70. The molecule has 5 nitrogen and oxygen atoms in total. The molecule has 1 aliphatic rings. The van der Waals surface area contributed by atoms with Gasteiger partial charge in [-0.1, -0.05) is 29.8 Å². The van der Waals surface area contributed by atoms with E-state index in [9.17, 15) is 9.59 Å². The predicted molar refractivity (Wildman–Crippen MR) is 107 cm³/mol. The van der Waals surface area contributed by atoms with Crippen LogP contribution in [0.1, 0.15) is 21.5 Å². The van der Waals surface area contributed by atoms with Crippen LogP contribution in [0, 0.1) is 6.92 Å². The summed E-state index contributed by atoms with van der Waals surface area (Å²) < 4.78 is 10.9. The second kappa shape index (κ2) is 8.95. The summed E-state index contributed by atoms with van der Waals surface area (Å²) in [5.41, 5.74) is 2.14. The maximum atomic E-state index is 12.9. The second-order valence-electron chi connectivity index (χ2n) is 6.37. The lowest BCUT2D eigenvalue weighted by molar-refractivity contribution is -0.133. The summed E-state index contributed by atoms with van der Waals surface area (Å²) in [6, 6.07) is 12.7. The Kier molecular flexibility index (Phi) is 6.40. The normalized spacial score (nSPS) is 13.9. The summed E-state index contributed by atoms with van der Waals surface area (Å²) in [6.45, 7) is 3.35. The minimum atomic E-state index is -0.424. The fourth-order valence-electron chi connectivity index (χ4n) is 3.00. The minimum absolute atomic E-state index is 0.0753. The van der Waals surface area contributed by atoms with Crippen LogP contribution in [-0.2, 0) is 11.2 Å². The molecule has 0 spiro atoms. The first-order valence-electron chi connectivity index (χ1n) is 8.88. The number of carbonyl (C=O) groups excluding carboxylic acids is 2. The lowest BCUT2D eigenvalue weighted by Gasteiger charge is -2.27. The molecule has 1 saturated heterocycles. The summed E-state index contributed by atoms with van der Waals surface area (Å²) in [4.78, 5) is 27.2. The SMILES string of the molecule is COc1ccccc1CC(=O)Oc1ccc(C)cc1C(=O)N1CCSCC1. The van der Waals surface area contributed by atoms with Gasteiger partial charge >= 0.3 is 5.97 Å². The van der Waals surface area contributed by atoms with Crippen molar-refractivity contribution < 1.29 is 19.1 Å². The van der Waals surface area contributed by atoms with Crippen molar-refractivity contribution in [3.63, 3.8) is 0 Å². The molecule has 2 aromatic carbocycles. The number of carbonyl (C=O) groups is 2. The topological polar surface area (TPSA) is 55.8 Å². The van der Waals surface area contributed by atoms with Crippen molar-refractivity contribution in [3.8, 4) is 11.5 Å². The van der Waals surface area contributed by atoms with Gasteiger partial charge in [0.15, 0.2) is 0 Å². The Balaban J connectivity index is 1.78. The maximum Gasteiger partial charge on any atom is 0.315 e. The van der Waals surface area contributed by atoms with Gasteiger partial charge < -0.3 is 14.4 Å². The summed E-state index contributed by atoms with van der Waals surface area (Å²) in [5, 5.41) is 0. The van der Waals surface area contributed by atoms with Crippen LogP contribution in [-0.4, -0.2) is 48.5 Å². The summed E-state index contributed by atoms with van der Waals surface area (Å²) in [5.74, 6) is 2.30. The summed E-state index contributed by atoms with van der Waals surface area (Å²) >= 11 is 1.84. The van der Waals surface area contributed by atoms with Gasteiger partial charge in [-0.15, -0.1) is 0 Å². The molecule has 0 saturated carbocycles. The van der Waals surface area contributed by atoms with E-state index in [-0.39, 0.29) is 12.3 Å². The van der Waals surface area contributed by atoms with Crippen molar-refractivity contribution >= 4 is 23.6 Å². The molecule has 6 heteroatoms. The van der Waals surface area contributed by atoms with Crippen molar-refractivity contribution in [2.75, 3.05) is 31.7 Å². The van der Waals surface area contributed by atoms with Crippen LogP contribution in [0.4, 0.5) is 0 Å². The fourth-order valence-corrected chi connectivity index (χ4v) is 3.90. The van der Waals surface area contributed by atoms with Gasteiger partial charge in [0.25, 0.3) is 5.91 Å². The highest BCUT2D eigenvalue weighted by molar-refractivity contribution is 7.99. The molecule has 0 aliphatic carbocycles. The third kappa shape index (κ3) is 4.83. The van der Waals surface area contributed by atoms with Crippen LogP contribution in [0.25, 0.3) is 0 Å². The van der Waals surface area contributed by atoms with Crippen LogP contribution < -0.4 is 9.47 Å². The van der Waals surface area contributed by atoms with E-state index in [0.717, 1.165) is 22.6 Å². The standard InChI is InChI=1S/C21H23NO4S/c1-15-7-8-19(17(13-15)21(24)22-9-11-27-12-10-22)26-20(23)14-16-5-3-4-6-18(16)25-2/h3-8,13H,9-12,14H2,1-2H3. The van der Waals surface area contributed by atoms with Crippen molar-refractivity contribution in [3.05, 3.63) is 59.2 Å². The molecule has 2 aromatic rings. The highest BCUT2D eigenvalue weighted by Crippen LogP contribution is 2.25. The van der Waals surface area contributed by atoms with E-state index in [0.29, 0.717) is 30.2 Å². The number of ether oxygens (including phenoxy) is 2. The second-order valence-corrected chi connectivity index (χ2v) is 7.59. The van der Waals surface area contributed by atoms with Crippen molar-refractivity contribution in [2.45, 2.75) is 13.3 Å². The first-order chi connectivity index (χ1) is 13.1. The quantitative estimate of drug-likeness (QED) is 0.584. The largest absolute Gasteiger partial charge is 0.496 e. The van der Waals surface area contributed by atoms with Crippen LogP contribution in [0.15, 0.2) is 42.5 Å². The number of rotatable bonds is 5. The Labute approximate surface area is 163 Å². The molecule has 0 N–H and O–H groups in total. The van der Waals surface area contributed by atoms with Crippen LogP contribution in [0.2, 0.25) is 0 Å². The summed E-state index contributed by atoms with van der Waals surface area (Å²) in [6.07, 6.45) is 0.0753. The fraction of sp³-hybridized carbons (Fsp3) is 0.333. The zero-order valence-corrected chi connectivity index (χ0v) is 16.4. The third-order valence-corrected chi connectivity index (χ3v) is 5.36. The third-order valence-electron chi connectivity index (χ3n) is 4.41. The molecule has 0 aromatic heterocycles. The molecule has 142 valence electrons. The van der Waals surface area contributed by atoms with Crippen LogP contribution >= 0.6 is 11.8 Å². The number of amides is 1. The monoisotopic (exact) mass is 385 g/mol. The number of aryl methyl sites for hydroxylation is 1.